The topological polar surface area (TPSA) is 58.2 Å². The van der Waals surface area contributed by atoms with Crippen LogP contribution in [0.25, 0.3) is 5.83 Å². The smallest absolute Gasteiger partial charge is 0.331 e. The SMILES string of the molecule is O=C(NCC(=O)c1ccc(/C(F)=C/C(c2cc(Cl)c(Cl)c(Cl)c2)C(F)(F)F)cc1Br)NCC(F)(F)F. The van der Waals surface area contributed by atoms with Gasteiger partial charge in [-0.05, 0) is 35.9 Å². The number of halogens is 11. The summed E-state index contributed by atoms with van der Waals surface area (Å²) >= 11 is 20.4. The fourth-order valence-corrected chi connectivity index (χ4v) is 3.98. The highest BCUT2D eigenvalue weighted by atomic mass is 79.9. The molecule has 1 atom stereocenters. The zero-order valence-corrected chi connectivity index (χ0v) is 21.3. The van der Waals surface area contributed by atoms with Gasteiger partial charge in [-0.25, -0.2) is 9.18 Å². The molecule has 0 fully saturated rings. The van der Waals surface area contributed by atoms with Crippen molar-refractivity contribution in [3.05, 3.63) is 72.6 Å². The molecule has 15 heteroatoms. The van der Waals surface area contributed by atoms with Crippen molar-refractivity contribution in [3.8, 4) is 0 Å². The van der Waals surface area contributed by atoms with Gasteiger partial charge in [-0.3, -0.25) is 4.79 Å². The summed E-state index contributed by atoms with van der Waals surface area (Å²) in [5.74, 6) is -4.49. The molecule has 2 amide bonds. The molecule has 1 unspecified atom stereocenters. The van der Waals surface area contributed by atoms with E-state index in [2.05, 4.69) is 15.9 Å². The molecule has 2 aromatic carbocycles. The first-order valence-electron chi connectivity index (χ1n) is 9.49. The van der Waals surface area contributed by atoms with E-state index in [9.17, 15) is 40.3 Å². The van der Waals surface area contributed by atoms with Crippen molar-refractivity contribution in [1.82, 2.24) is 10.6 Å². The minimum atomic E-state index is -4.93. The highest BCUT2D eigenvalue weighted by Crippen LogP contribution is 2.42. The maximum absolute atomic E-state index is 14.8. The molecular weight excluding hydrogens is 631 g/mol. The minimum absolute atomic E-state index is 0.0350. The van der Waals surface area contributed by atoms with Crippen molar-refractivity contribution in [2.75, 3.05) is 13.1 Å². The van der Waals surface area contributed by atoms with Crippen LogP contribution < -0.4 is 10.6 Å². The van der Waals surface area contributed by atoms with E-state index < -0.39 is 54.6 Å². The summed E-state index contributed by atoms with van der Waals surface area (Å²) in [7, 11) is 0. The number of ketones is 1. The molecule has 4 nitrogen and oxygen atoms in total. The standard InChI is InChI=1S/C21H13BrCl3F7N2O2/c22-13-3-9(1-2-11(13)17(35)7-33-19(36)34-8-20(27,28)29)16(26)6-12(21(30,31)32)10-4-14(23)18(25)15(24)5-10/h1-6,12H,7-8H2,(H2,33,34,36)/b16-6-. The molecule has 36 heavy (non-hydrogen) atoms. The van der Waals surface area contributed by atoms with Gasteiger partial charge in [0.05, 0.1) is 21.6 Å². The average Bonchev–Trinajstić information content (AvgIpc) is 2.76. The third-order valence-corrected chi connectivity index (χ3v) is 6.29. The Labute approximate surface area is 222 Å². The molecule has 0 aliphatic rings. The van der Waals surface area contributed by atoms with Gasteiger partial charge in [-0.2, -0.15) is 26.3 Å². The first-order valence-corrected chi connectivity index (χ1v) is 11.4. The number of nitrogens with one attached hydrogen (secondary N) is 2. The molecule has 2 N–H and O–H groups in total. The third kappa shape index (κ3) is 8.53. The molecule has 0 bridgehead atoms. The number of benzene rings is 2. The molecule has 0 aliphatic carbocycles. The van der Waals surface area contributed by atoms with Gasteiger partial charge in [0.15, 0.2) is 5.78 Å². The molecule has 0 saturated carbocycles. The number of hydrogen-bond acceptors (Lipinski definition) is 2. The van der Waals surface area contributed by atoms with Crippen LogP contribution in [0.5, 0.6) is 0 Å². The van der Waals surface area contributed by atoms with Crippen LogP contribution in [-0.4, -0.2) is 37.3 Å². The maximum Gasteiger partial charge on any atom is 0.405 e. The van der Waals surface area contributed by atoms with E-state index in [0.717, 1.165) is 30.3 Å². The van der Waals surface area contributed by atoms with Crippen molar-refractivity contribution in [2.24, 2.45) is 0 Å². The van der Waals surface area contributed by atoms with E-state index in [1.54, 1.807) is 0 Å². The number of Topliss-reactive ketones (excluding diaryl/α,β-unsaturated/α-hetero) is 1. The lowest BCUT2D eigenvalue weighted by molar-refractivity contribution is -0.139. The lowest BCUT2D eigenvalue weighted by atomic mass is 9.96. The molecule has 0 aromatic heterocycles. The van der Waals surface area contributed by atoms with Gasteiger partial charge in [0.1, 0.15) is 18.3 Å². The second-order valence-electron chi connectivity index (χ2n) is 7.10. The van der Waals surface area contributed by atoms with Crippen molar-refractivity contribution in [1.29, 1.82) is 0 Å². The van der Waals surface area contributed by atoms with Gasteiger partial charge in [0.25, 0.3) is 0 Å². The summed E-state index contributed by atoms with van der Waals surface area (Å²) in [5, 5.41) is 2.77. The predicted molar refractivity (Wildman–Crippen MR) is 125 cm³/mol. The van der Waals surface area contributed by atoms with E-state index >= 15 is 0 Å². The Morgan fingerprint density at radius 3 is 2.06 bits per heavy atom. The van der Waals surface area contributed by atoms with Crippen LogP contribution in [0.3, 0.4) is 0 Å². The lowest BCUT2D eigenvalue weighted by Gasteiger charge is -2.19. The van der Waals surface area contributed by atoms with Crippen molar-refractivity contribution >= 4 is 68.4 Å². The highest BCUT2D eigenvalue weighted by Gasteiger charge is 2.40. The Morgan fingerprint density at radius 2 is 1.56 bits per heavy atom. The van der Waals surface area contributed by atoms with Crippen molar-refractivity contribution < 1.29 is 40.3 Å². The lowest BCUT2D eigenvalue weighted by Crippen LogP contribution is -2.42. The monoisotopic (exact) mass is 642 g/mol. The molecular formula is C21H13BrCl3F7N2O2. The fraction of sp³-hybridized carbons (Fsp3) is 0.238. The molecule has 2 rings (SSSR count). The van der Waals surface area contributed by atoms with Gasteiger partial charge in [0, 0.05) is 15.6 Å². The van der Waals surface area contributed by atoms with E-state index in [0.29, 0.717) is 6.08 Å². The van der Waals surface area contributed by atoms with E-state index in [1.165, 1.54) is 5.32 Å². The number of carbonyl (C=O) groups is 2. The summed E-state index contributed by atoms with van der Waals surface area (Å²) in [5.41, 5.74) is -0.890. The van der Waals surface area contributed by atoms with Crippen LogP contribution in [0.2, 0.25) is 15.1 Å². The van der Waals surface area contributed by atoms with Crippen LogP contribution in [0.15, 0.2) is 40.9 Å². The second-order valence-corrected chi connectivity index (χ2v) is 9.15. The Kier molecular flexibility index (Phi) is 10.1. The zero-order chi connectivity index (χ0) is 27.4. The van der Waals surface area contributed by atoms with E-state index in [1.807, 2.05) is 5.32 Å². The fourth-order valence-electron chi connectivity index (χ4n) is 2.77. The number of urea groups is 1. The van der Waals surface area contributed by atoms with Gasteiger partial charge < -0.3 is 10.6 Å². The predicted octanol–water partition coefficient (Wildman–Crippen LogP) is 8.11. The summed E-state index contributed by atoms with van der Waals surface area (Å²) in [4.78, 5) is 23.6. The summed E-state index contributed by atoms with van der Waals surface area (Å²) in [6.07, 6.45) is -9.27. The Hall–Kier alpha value is -2.02. The van der Waals surface area contributed by atoms with Gasteiger partial charge in [-0.15, -0.1) is 0 Å². The molecule has 0 spiro atoms. The van der Waals surface area contributed by atoms with Crippen LogP contribution in [0, 0.1) is 0 Å². The van der Waals surface area contributed by atoms with Crippen molar-refractivity contribution in [2.45, 2.75) is 18.3 Å². The number of carbonyl (C=O) groups excluding carboxylic acids is 2. The summed E-state index contributed by atoms with van der Waals surface area (Å²) in [6.45, 7) is -2.31. The van der Waals surface area contributed by atoms with Crippen LogP contribution in [-0.2, 0) is 0 Å². The molecule has 0 radical (unpaired) electrons. The molecule has 0 heterocycles. The molecule has 2 aromatic rings. The van der Waals surface area contributed by atoms with Crippen LogP contribution in [0.1, 0.15) is 27.4 Å². The molecule has 0 saturated heterocycles. The van der Waals surface area contributed by atoms with E-state index in [4.69, 9.17) is 34.8 Å². The minimum Gasteiger partial charge on any atom is -0.331 e. The highest BCUT2D eigenvalue weighted by molar-refractivity contribution is 9.10. The normalized spacial score (nSPS) is 13.4. The average molecular weight is 645 g/mol. The number of amides is 2. The largest absolute Gasteiger partial charge is 0.405 e. The third-order valence-electron chi connectivity index (χ3n) is 4.44. The Morgan fingerprint density at radius 1 is 0.972 bits per heavy atom. The van der Waals surface area contributed by atoms with Gasteiger partial charge >= 0.3 is 18.4 Å². The molecule has 0 aliphatic heterocycles. The first-order chi connectivity index (χ1) is 16.5. The number of rotatable bonds is 7. The Balaban J connectivity index is 2.23. The van der Waals surface area contributed by atoms with Gasteiger partial charge in [-0.1, -0.05) is 56.8 Å². The quantitative estimate of drug-likeness (QED) is 0.182. The van der Waals surface area contributed by atoms with Crippen LogP contribution >= 0.6 is 50.7 Å². The Bertz CT molecular complexity index is 1160. The number of allylic oxidation sites excluding steroid dienone is 1. The number of hydrogen-bond donors (Lipinski definition) is 2. The first kappa shape index (κ1) is 30.2. The maximum atomic E-state index is 14.8. The molecule has 196 valence electrons. The number of alkyl halides is 6. The zero-order valence-electron chi connectivity index (χ0n) is 17.4. The second kappa shape index (κ2) is 12.0. The van der Waals surface area contributed by atoms with Gasteiger partial charge in [0.2, 0.25) is 0 Å². The van der Waals surface area contributed by atoms with E-state index in [-0.39, 0.29) is 30.7 Å². The summed E-state index contributed by atoms with van der Waals surface area (Å²) < 4.78 is 92.1. The van der Waals surface area contributed by atoms with Crippen molar-refractivity contribution in [3.63, 3.8) is 0 Å². The summed E-state index contributed by atoms with van der Waals surface area (Å²) in [6, 6.07) is 3.69. The van der Waals surface area contributed by atoms with Crippen LogP contribution in [0.4, 0.5) is 35.5 Å².